The first-order valence-electron chi connectivity index (χ1n) is 5.93. The van der Waals surface area contributed by atoms with Crippen LogP contribution in [0, 0.1) is 0 Å². The molecule has 0 aromatic rings. The van der Waals surface area contributed by atoms with Gasteiger partial charge in [0.05, 0.1) is 6.04 Å². The molecule has 0 bridgehead atoms. The first kappa shape index (κ1) is 16.2. The molecule has 17 heavy (non-hydrogen) atoms. The van der Waals surface area contributed by atoms with E-state index in [9.17, 15) is 18.0 Å². The van der Waals surface area contributed by atoms with E-state index in [0.717, 1.165) is 11.3 Å². The number of unbranched alkanes of at least 4 members (excludes halogenated alkanes) is 1. The van der Waals surface area contributed by atoms with Crippen LogP contribution in [0.15, 0.2) is 0 Å². The van der Waals surface area contributed by atoms with E-state index in [1.165, 1.54) is 0 Å². The highest BCUT2D eigenvalue weighted by Crippen LogP contribution is 2.17. The number of hydrogen-bond acceptors (Lipinski definition) is 2. The summed E-state index contributed by atoms with van der Waals surface area (Å²) in [6, 6.07) is -0.820. The summed E-state index contributed by atoms with van der Waals surface area (Å²) in [5, 5.41) is 0. The van der Waals surface area contributed by atoms with Crippen molar-refractivity contribution in [3.8, 4) is 0 Å². The van der Waals surface area contributed by atoms with Crippen LogP contribution in [0.5, 0.6) is 0 Å². The number of amides is 1. The van der Waals surface area contributed by atoms with E-state index < -0.39 is 24.7 Å². The predicted molar refractivity (Wildman–Crippen MR) is 60.4 cm³/mol. The summed E-state index contributed by atoms with van der Waals surface area (Å²) in [7, 11) is 0. The first-order valence-corrected chi connectivity index (χ1v) is 5.93. The van der Waals surface area contributed by atoms with Crippen molar-refractivity contribution in [3.05, 3.63) is 0 Å². The van der Waals surface area contributed by atoms with Crippen LogP contribution in [0.25, 0.3) is 0 Å². The standard InChI is InChI=1S/C11H21F3N2O/c1-3-5-7-16(8-11(12,13)14)10(17)9(15)6-4-2/h9H,3-8,15H2,1-2H3/t9-/m1/s1. The van der Waals surface area contributed by atoms with E-state index in [1.807, 2.05) is 13.8 Å². The zero-order valence-electron chi connectivity index (χ0n) is 10.4. The molecular weight excluding hydrogens is 233 g/mol. The van der Waals surface area contributed by atoms with Crippen molar-refractivity contribution in [2.24, 2.45) is 5.73 Å². The average molecular weight is 254 g/mol. The molecule has 0 radical (unpaired) electrons. The third kappa shape index (κ3) is 7.20. The summed E-state index contributed by atoms with van der Waals surface area (Å²) >= 11 is 0. The fraction of sp³-hybridized carbons (Fsp3) is 0.909. The minimum Gasteiger partial charge on any atom is -0.332 e. The molecule has 0 saturated heterocycles. The van der Waals surface area contributed by atoms with Gasteiger partial charge in [-0.15, -0.1) is 0 Å². The Balaban J connectivity index is 4.49. The Morgan fingerprint density at radius 3 is 2.29 bits per heavy atom. The molecule has 0 unspecified atom stereocenters. The van der Waals surface area contributed by atoms with Gasteiger partial charge < -0.3 is 10.6 Å². The number of carbonyl (C=O) groups excluding carboxylic acids is 1. The number of hydrogen-bond donors (Lipinski definition) is 1. The van der Waals surface area contributed by atoms with Crippen LogP contribution in [0.4, 0.5) is 13.2 Å². The van der Waals surface area contributed by atoms with Gasteiger partial charge in [0.1, 0.15) is 6.54 Å². The minimum atomic E-state index is -4.37. The van der Waals surface area contributed by atoms with Crippen molar-refractivity contribution in [2.75, 3.05) is 13.1 Å². The second-order valence-corrected chi connectivity index (χ2v) is 4.12. The number of nitrogens with zero attached hydrogens (tertiary/aromatic N) is 1. The van der Waals surface area contributed by atoms with Crippen LogP contribution in [0.3, 0.4) is 0 Å². The van der Waals surface area contributed by atoms with Gasteiger partial charge in [-0.1, -0.05) is 26.7 Å². The van der Waals surface area contributed by atoms with E-state index in [4.69, 9.17) is 5.73 Å². The highest BCUT2D eigenvalue weighted by molar-refractivity contribution is 5.81. The van der Waals surface area contributed by atoms with E-state index >= 15 is 0 Å². The molecule has 0 aliphatic heterocycles. The minimum absolute atomic E-state index is 0.117. The smallest absolute Gasteiger partial charge is 0.332 e. The number of alkyl halides is 3. The number of rotatable bonds is 7. The Bertz CT molecular complexity index is 231. The fourth-order valence-electron chi connectivity index (χ4n) is 1.50. The van der Waals surface area contributed by atoms with Gasteiger partial charge in [-0.05, 0) is 12.8 Å². The fourth-order valence-corrected chi connectivity index (χ4v) is 1.50. The van der Waals surface area contributed by atoms with Crippen LogP contribution in [0.2, 0.25) is 0 Å². The maximum Gasteiger partial charge on any atom is 0.406 e. The zero-order chi connectivity index (χ0) is 13.5. The lowest BCUT2D eigenvalue weighted by atomic mass is 10.1. The quantitative estimate of drug-likeness (QED) is 0.757. The summed E-state index contributed by atoms with van der Waals surface area (Å²) in [6.45, 7) is 2.62. The van der Waals surface area contributed by atoms with Crippen LogP contribution < -0.4 is 5.73 Å². The normalized spacial score (nSPS) is 13.5. The van der Waals surface area contributed by atoms with Crippen molar-refractivity contribution in [3.63, 3.8) is 0 Å². The summed E-state index contributed by atoms with van der Waals surface area (Å²) in [5.41, 5.74) is 5.56. The Hall–Kier alpha value is -0.780. The largest absolute Gasteiger partial charge is 0.406 e. The van der Waals surface area contributed by atoms with Crippen LogP contribution in [-0.4, -0.2) is 36.1 Å². The monoisotopic (exact) mass is 254 g/mol. The van der Waals surface area contributed by atoms with Gasteiger partial charge in [0.25, 0.3) is 0 Å². The lowest BCUT2D eigenvalue weighted by Gasteiger charge is -2.26. The number of halogens is 3. The Kier molecular flexibility index (Phi) is 7.18. The molecule has 3 nitrogen and oxygen atoms in total. The molecule has 0 aromatic carbocycles. The molecule has 2 N–H and O–H groups in total. The van der Waals surface area contributed by atoms with Gasteiger partial charge in [-0.25, -0.2) is 0 Å². The van der Waals surface area contributed by atoms with Gasteiger partial charge >= 0.3 is 6.18 Å². The molecular formula is C11H21F3N2O. The zero-order valence-corrected chi connectivity index (χ0v) is 10.4. The molecule has 1 amide bonds. The molecule has 1 atom stereocenters. The molecule has 0 aromatic heterocycles. The molecule has 0 fully saturated rings. The van der Waals surface area contributed by atoms with E-state index in [1.54, 1.807) is 0 Å². The van der Waals surface area contributed by atoms with E-state index in [-0.39, 0.29) is 6.54 Å². The Morgan fingerprint density at radius 1 is 1.29 bits per heavy atom. The average Bonchev–Trinajstić information content (AvgIpc) is 2.22. The summed E-state index contributed by atoms with van der Waals surface area (Å²) < 4.78 is 36.9. The maximum absolute atomic E-state index is 12.3. The molecule has 0 aliphatic carbocycles. The third-order valence-electron chi connectivity index (χ3n) is 2.38. The number of carbonyl (C=O) groups is 1. The second-order valence-electron chi connectivity index (χ2n) is 4.12. The molecule has 102 valence electrons. The van der Waals surface area contributed by atoms with Gasteiger partial charge in [-0.3, -0.25) is 4.79 Å². The van der Waals surface area contributed by atoms with Gasteiger partial charge in [0, 0.05) is 6.54 Å². The van der Waals surface area contributed by atoms with Crippen molar-refractivity contribution < 1.29 is 18.0 Å². The predicted octanol–water partition coefficient (Wildman–Crippen LogP) is 2.30. The first-order chi connectivity index (χ1) is 7.81. The molecule has 0 spiro atoms. The highest BCUT2D eigenvalue weighted by Gasteiger charge is 2.33. The lowest BCUT2D eigenvalue weighted by Crippen LogP contribution is -2.47. The van der Waals surface area contributed by atoms with E-state index in [2.05, 4.69) is 0 Å². The Labute approximate surface area is 100 Å². The van der Waals surface area contributed by atoms with Crippen molar-refractivity contribution in [1.82, 2.24) is 4.90 Å². The molecule has 0 aliphatic rings. The van der Waals surface area contributed by atoms with Crippen LogP contribution in [0.1, 0.15) is 39.5 Å². The van der Waals surface area contributed by atoms with Crippen LogP contribution >= 0.6 is 0 Å². The van der Waals surface area contributed by atoms with Crippen molar-refractivity contribution in [1.29, 1.82) is 0 Å². The summed E-state index contributed by atoms with van der Waals surface area (Å²) in [4.78, 5) is 12.5. The molecule has 0 saturated carbocycles. The topological polar surface area (TPSA) is 46.3 Å². The molecule has 6 heteroatoms. The third-order valence-corrected chi connectivity index (χ3v) is 2.38. The Morgan fingerprint density at radius 2 is 1.88 bits per heavy atom. The van der Waals surface area contributed by atoms with Crippen molar-refractivity contribution in [2.45, 2.75) is 51.7 Å². The number of nitrogens with two attached hydrogens (primary N) is 1. The molecule has 0 rings (SSSR count). The van der Waals surface area contributed by atoms with Crippen LogP contribution in [-0.2, 0) is 4.79 Å². The van der Waals surface area contributed by atoms with Gasteiger partial charge in [0.2, 0.25) is 5.91 Å². The molecule has 0 heterocycles. The van der Waals surface area contributed by atoms with Crippen molar-refractivity contribution >= 4 is 5.91 Å². The SMILES string of the molecule is CCCCN(CC(F)(F)F)C(=O)[C@H](N)CCC. The van der Waals surface area contributed by atoms with Gasteiger partial charge in [0.15, 0.2) is 0 Å². The maximum atomic E-state index is 12.3. The van der Waals surface area contributed by atoms with Gasteiger partial charge in [-0.2, -0.15) is 13.2 Å². The summed E-state index contributed by atoms with van der Waals surface area (Å²) in [6.07, 6.45) is -1.97. The summed E-state index contributed by atoms with van der Waals surface area (Å²) in [5.74, 6) is -0.599. The lowest BCUT2D eigenvalue weighted by molar-refractivity contribution is -0.162. The van der Waals surface area contributed by atoms with E-state index in [0.29, 0.717) is 19.3 Å². The highest BCUT2D eigenvalue weighted by atomic mass is 19.4. The second kappa shape index (κ2) is 7.53.